The molecule has 0 saturated carbocycles. The van der Waals surface area contributed by atoms with Crippen molar-refractivity contribution >= 4 is 40.5 Å². The van der Waals surface area contributed by atoms with E-state index >= 15 is 0 Å². The number of aromatic nitrogens is 2. The second kappa shape index (κ2) is 6.81. The second-order valence-corrected chi connectivity index (χ2v) is 6.44. The molecule has 0 fully saturated rings. The molecule has 0 atom stereocenters. The lowest BCUT2D eigenvalue weighted by molar-refractivity contribution is 0.0937. The van der Waals surface area contributed by atoms with Crippen LogP contribution in [0.1, 0.15) is 20.7 Å². The average Bonchev–Trinajstić information content (AvgIpc) is 2.78. The maximum atomic E-state index is 13.3. The molecule has 1 amide bonds. The Labute approximate surface area is 161 Å². The number of rotatable bonds is 3. The highest BCUT2D eigenvalue weighted by molar-refractivity contribution is 6.28. The summed E-state index contributed by atoms with van der Waals surface area (Å²) in [6.45, 7) is -0.122. The number of ketones is 1. The van der Waals surface area contributed by atoms with Crippen molar-refractivity contribution in [3.8, 4) is 0 Å². The van der Waals surface area contributed by atoms with Crippen LogP contribution in [0.5, 0.6) is 0 Å². The summed E-state index contributed by atoms with van der Waals surface area (Å²) in [6, 6.07) is 16.1. The minimum Gasteiger partial charge on any atom is -0.327 e. The molecule has 7 heteroatoms. The number of carbonyl (C=O) groups excluding carboxylic acids is 2. The van der Waals surface area contributed by atoms with E-state index in [1.54, 1.807) is 48.3 Å². The predicted molar refractivity (Wildman–Crippen MR) is 104 cm³/mol. The topological polar surface area (TPSA) is 66.4 Å². The molecule has 1 aliphatic rings. The van der Waals surface area contributed by atoms with Crippen LogP contribution in [0, 0.1) is 0 Å². The van der Waals surface area contributed by atoms with Crippen molar-refractivity contribution in [2.75, 3.05) is 23.4 Å². The summed E-state index contributed by atoms with van der Waals surface area (Å²) >= 11 is 5.99. The Morgan fingerprint density at radius 2 is 1.74 bits per heavy atom. The number of halogens is 1. The van der Waals surface area contributed by atoms with Gasteiger partial charge in [0.1, 0.15) is 5.69 Å². The van der Waals surface area contributed by atoms with Crippen LogP contribution in [0.3, 0.4) is 0 Å². The third-order valence-corrected chi connectivity index (χ3v) is 4.65. The van der Waals surface area contributed by atoms with Crippen LogP contribution in [0.25, 0.3) is 0 Å². The van der Waals surface area contributed by atoms with Crippen molar-refractivity contribution < 1.29 is 9.59 Å². The zero-order valence-corrected chi connectivity index (χ0v) is 15.2. The van der Waals surface area contributed by atoms with Gasteiger partial charge in [-0.3, -0.25) is 14.5 Å². The van der Waals surface area contributed by atoms with Crippen molar-refractivity contribution in [2.45, 2.75) is 0 Å². The SMILES string of the molecule is CN1c2ccccc2C(=O)N(CC(=O)c2ccccc2)c2cnc(Cl)nc21. The molecule has 6 nitrogen and oxygen atoms in total. The van der Waals surface area contributed by atoms with Crippen LogP contribution in [-0.2, 0) is 0 Å². The second-order valence-electron chi connectivity index (χ2n) is 6.10. The van der Waals surface area contributed by atoms with Crippen molar-refractivity contribution in [1.29, 1.82) is 0 Å². The fourth-order valence-electron chi connectivity index (χ4n) is 3.11. The Bertz CT molecular complexity index is 1040. The van der Waals surface area contributed by atoms with Crippen LogP contribution in [-0.4, -0.2) is 35.3 Å². The highest BCUT2D eigenvalue weighted by atomic mass is 35.5. The lowest BCUT2D eigenvalue weighted by Gasteiger charge is -2.22. The molecule has 0 N–H and O–H groups in total. The number of Topliss-reactive ketones (excluding diaryl/α,β-unsaturated/α-hetero) is 1. The zero-order chi connectivity index (χ0) is 19.0. The monoisotopic (exact) mass is 378 g/mol. The normalized spacial score (nSPS) is 13.0. The van der Waals surface area contributed by atoms with Crippen molar-refractivity contribution in [1.82, 2.24) is 9.97 Å². The van der Waals surface area contributed by atoms with Gasteiger partial charge in [-0.05, 0) is 23.7 Å². The molecule has 0 bridgehead atoms. The van der Waals surface area contributed by atoms with Crippen LogP contribution >= 0.6 is 11.6 Å². The molecule has 3 aromatic rings. The molecular weight excluding hydrogens is 364 g/mol. The van der Waals surface area contributed by atoms with Crippen molar-refractivity contribution in [3.63, 3.8) is 0 Å². The van der Waals surface area contributed by atoms with Gasteiger partial charge in [-0.25, -0.2) is 4.98 Å². The fraction of sp³-hybridized carbons (Fsp3) is 0.100. The van der Waals surface area contributed by atoms with E-state index in [2.05, 4.69) is 9.97 Å². The fourth-order valence-corrected chi connectivity index (χ4v) is 3.24. The molecular formula is C20H15ClN4O2. The van der Waals surface area contributed by atoms with E-state index in [0.717, 1.165) is 0 Å². The van der Waals surface area contributed by atoms with Gasteiger partial charge in [0.2, 0.25) is 5.28 Å². The van der Waals surface area contributed by atoms with E-state index in [0.29, 0.717) is 28.3 Å². The predicted octanol–water partition coefficient (Wildman–Crippen LogP) is 3.74. The molecule has 1 aliphatic heterocycles. The first kappa shape index (κ1) is 17.2. The van der Waals surface area contributed by atoms with Crippen molar-refractivity contribution in [2.24, 2.45) is 0 Å². The molecule has 1 aromatic heterocycles. The molecule has 0 unspecified atom stereocenters. The quantitative estimate of drug-likeness (QED) is 0.513. The number of carbonyl (C=O) groups is 2. The van der Waals surface area contributed by atoms with Crippen LogP contribution in [0.4, 0.5) is 17.2 Å². The summed E-state index contributed by atoms with van der Waals surface area (Å²) in [5.74, 6) is 0.00690. The standard InChI is InChI=1S/C20H15ClN4O2/c1-24-15-10-6-5-9-14(15)19(27)25(16-11-22-20(21)23-18(16)24)12-17(26)13-7-3-2-4-8-13/h2-11H,12H2,1H3. The summed E-state index contributed by atoms with van der Waals surface area (Å²) in [7, 11) is 1.80. The minimum atomic E-state index is -0.286. The van der Waals surface area contributed by atoms with Crippen LogP contribution < -0.4 is 9.80 Å². The Kier molecular flexibility index (Phi) is 4.33. The molecule has 0 spiro atoms. The van der Waals surface area contributed by atoms with Gasteiger partial charge in [0, 0.05) is 12.6 Å². The molecule has 0 saturated heterocycles. The van der Waals surface area contributed by atoms with Gasteiger partial charge in [-0.15, -0.1) is 0 Å². The van der Waals surface area contributed by atoms with E-state index in [4.69, 9.17) is 11.6 Å². The third-order valence-electron chi connectivity index (χ3n) is 4.47. The van der Waals surface area contributed by atoms with Gasteiger partial charge in [-0.1, -0.05) is 42.5 Å². The van der Waals surface area contributed by atoms with Gasteiger partial charge in [0.05, 0.1) is 24.0 Å². The molecule has 27 heavy (non-hydrogen) atoms. The average molecular weight is 379 g/mol. The van der Waals surface area contributed by atoms with Gasteiger partial charge in [0.15, 0.2) is 11.6 Å². The highest BCUT2D eigenvalue weighted by Crippen LogP contribution is 2.38. The number of amides is 1. The summed E-state index contributed by atoms with van der Waals surface area (Å²) in [4.78, 5) is 37.5. The minimum absolute atomic E-state index is 0.0711. The number of para-hydroxylation sites is 1. The first-order chi connectivity index (χ1) is 13.1. The van der Waals surface area contributed by atoms with Crippen LogP contribution in [0.15, 0.2) is 60.8 Å². The van der Waals surface area contributed by atoms with Crippen LogP contribution in [0.2, 0.25) is 5.28 Å². The maximum absolute atomic E-state index is 13.3. The van der Waals surface area contributed by atoms with E-state index in [-0.39, 0.29) is 23.5 Å². The molecule has 2 heterocycles. The number of anilines is 3. The zero-order valence-electron chi connectivity index (χ0n) is 14.5. The Morgan fingerprint density at radius 1 is 1.04 bits per heavy atom. The smallest absolute Gasteiger partial charge is 0.260 e. The largest absolute Gasteiger partial charge is 0.327 e. The molecule has 0 aliphatic carbocycles. The Morgan fingerprint density at radius 3 is 2.52 bits per heavy atom. The molecule has 134 valence electrons. The van der Waals surface area contributed by atoms with E-state index in [1.165, 1.54) is 11.1 Å². The van der Waals surface area contributed by atoms with E-state index in [1.807, 2.05) is 18.2 Å². The van der Waals surface area contributed by atoms with Gasteiger partial charge >= 0.3 is 0 Å². The summed E-state index contributed by atoms with van der Waals surface area (Å²) in [5.41, 5.74) is 2.14. The summed E-state index contributed by atoms with van der Waals surface area (Å²) in [5, 5.41) is 0.0711. The van der Waals surface area contributed by atoms with Gasteiger partial charge in [0.25, 0.3) is 5.91 Å². The Balaban J connectivity index is 1.84. The number of benzene rings is 2. The lowest BCUT2D eigenvalue weighted by atomic mass is 10.1. The third kappa shape index (κ3) is 3.04. The Hall–Kier alpha value is -3.25. The lowest BCUT2D eigenvalue weighted by Crippen LogP contribution is -2.35. The van der Waals surface area contributed by atoms with Gasteiger partial charge < -0.3 is 4.90 Å². The van der Waals surface area contributed by atoms with Gasteiger partial charge in [-0.2, -0.15) is 4.98 Å². The number of hydrogen-bond acceptors (Lipinski definition) is 5. The summed E-state index contributed by atoms with van der Waals surface area (Å²) < 4.78 is 0. The first-order valence-electron chi connectivity index (χ1n) is 8.31. The van der Waals surface area contributed by atoms with E-state index < -0.39 is 0 Å². The molecule has 2 aromatic carbocycles. The highest BCUT2D eigenvalue weighted by Gasteiger charge is 2.32. The van der Waals surface area contributed by atoms with E-state index in [9.17, 15) is 9.59 Å². The number of hydrogen-bond donors (Lipinski definition) is 0. The summed E-state index contributed by atoms with van der Waals surface area (Å²) in [6.07, 6.45) is 1.48. The maximum Gasteiger partial charge on any atom is 0.260 e. The number of fused-ring (bicyclic) bond motifs is 2. The first-order valence-corrected chi connectivity index (χ1v) is 8.69. The molecule has 0 radical (unpaired) electrons. The molecule has 4 rings (SSSR count). The van der Waals surface area contributed by atoms with Crippen molar-refractivity contribution in [3.05, 3.63) is 77.2 Å². The number of nitrogens with zero attached hydrogens (tertiary/aromatic N) is 4.